The molecule has 0 atom stereocenters. The Kier molecular flexibility index (Phi) is 3.74. The molecule has 0 radical (unpaired) electrons. The Morgan fingerprint density at radius 1 is 1.32 bits per heavy atom. The number of aromatic nitrogens is 1. The predicted octanol–water partition coefficient (Wildman–Crippen LogP) is 2.23. The van der Waals surface area contributed by atoms with E-state index in [9.17, 15) is 4.79 Å². The van der Waals surface area contributed by atoms with Crippen LogP contribution in [0.2, 0.25) is 0 Å². The second-order valence-corrected chi connectivity index (χ2v) is 3.74. The topological polar surface area (TPSA) is 83.2 Å². The van der Waals surface area contributed by atoms with Gasteiger partial charge in [0.15, 0.2) is 0 Å². The van der Waals surface area contributed by atoms with Crippen LogP contribution >= 0.6 is 0 Å². The molecule has 2 aromatic rings. The lowest BCUT2D eigenvalue weighted by molar-refractivity contribution is 0.0690. The first-order valence-electron chi connectivity index (χ1n) is 5.51. The number of rotatable bonds is 4. The van der Waals surface area contributed by atoms with Crippen molar-refractivity contribution in [3.63, 3.8) is 0 Å². The Hall–Kier alpha value is -2.87. The molecule has 1 aromatic carbocycles. The molecule has 5 heteroatoms. The van der Waals surface area contributed by atoms with Gasteiger partial charge in [0.1, 0.15) is 18.1 Å². The number of ether oxygens (including phenoxy) is 1. The van der Waals surface area contributed by atoms with Crippen molar-refractivity contribution in [2.45, 2.75) is 6.61 Å². The maximum absolute atomic E-state index is 10.6. The Morgan fingerprint density at radius 2 is 2.11 bits per heavy atom. The number of carboxylic acid groups (broad SMARTS) is 1. The largest absolute Gasteiger partial charge is 0.487 e. The maximum Gasteiger partial charge on any atom is 0.354 e. The van der Waals surface area contributed by atoms with Crippen molar-refractivity contribution in [2.24, 2.45) is 0 Å². The molecule has 94 valence electrons. The molecule has 5 nitrogen and oxygen atoms in total. The number of aromatic carboxylic acids is 1. The summed E-state index contributed by atoms with van der Waals surface area (Å²) in [6.45, 7) is 0.234. The van der Waals surface area contributed by atoms with Crippen LogP contribution in [0.15, 0.2) is 42.6 Å². The van der Waals surface area contributed by atoms with Gasteiger partial charge in [0.2, 0.25) is 0 Å². The zero-order valence-electron chi connectivity index (χ0n) is 9.91. The van der Waals surface area contributed by atoms with Crippen LogP contribution in [0.1, 0.15) is 21.6 Å². The van der Waals surface area contributed by atoms with Crippen LogP contribution in [-0.4, -0.2) is 16.1 Å². The highest BCUT2D eigenvalue weighted by Crippen LogP contribution is 2.14. The van der Waals surface area contributed by atoms with Crippen molar-refractivity contribution < 1.29 is 14.6 Å². The molecular weight excluding hydrogens is 244 g/mol. The fourth-order valence-electron chi connectivity index (χ4n) is 1.51. The average molecular weight is 254 g/mol. The van der Waals surface area contributed by atoms with E-state index in [0.29, 0.717) is 11.3 Å². The highest BCUT2D eigenvalue weighted by atomic mass is 16.5. The summed E-state index contributed by atoms with van der Waals surface area (Å²) in [5.41, 5.74) is 1.29. The third kappa shape index (κ3) is 3.07. The van der Waals surface area contributed by atoms with E-state index in [2.05, 4.69) is 11.1 Å². The van der Waals surface area contributed by atoms with Crippen molar-refractivity contribution in [3.05, 3.63) is 59.4 Å². The molecule has 1 heterocycles. The Labute approximate surface area is 109 Å². The first kappa shape index (κ1) is 12.6. The van der Waals surface area contributed by atoms with Crippen LogP contribution in [0.3, 0.4) is 0 Å². The molecule has 0 unspecified atom stereocenters. The molecule has 0 spiro atoms. The highest BCUT2D eigenvalue weighted by molar-refractivity contribution is 5.85. The van der Waals surface area contributed by atoms with Gasteiger partial charge in [-0.2, -0.15) is 5.26 Å². The SMILES string of the molecule is N#Cc1ccccc1COc1ccc(C(=O)O)nc1. The summed E-state index contributed by atoms with van der Waals surface area (Å²) < 4.78 is 5.46. The smallest absolute Gasteiger partial charge is 0.354 e. The predicted molar refractivity (Wildman–Crippen MR) is 66.7 cm³/mol. The number of hydrogen-bond acceptors (Lipinski definition) is 4. The summed E-state index contributed by atoms with van der Waals surface area (Å²) in [4.78, 5) is 14.4. The number of nitrogens with zero attached hydrogens (tertiary/aromatic N) is 2. The average Bonchev–Trinajstić information content (AvgIpc) is 2.45. The summed E-state index contributed by atoms with van der Waals surface area (Å²) in [6, 6.07) is 12.1. The molecule has 0 aliphatic heterocycles. The fourth-order valence-corrected chi connectivity index (χ4v) is 1.51. The van der Waals surface area contributed by atoms with Crippen molar-refractivity contribution in [1.82, 2.24) is 4.98 Å². The molecule has 0 saturated carbocycles. The first-order valence-corrected chi connectivity index (χ1v) is 5.51. The van der Waals surface area contributed by atoms with Gasteiger partial charge in [-0.3, -0.25) is 0 Å². The normalized spacial score (nSPS) is 9.63. The lowest BCUT2D eigenvalue weighted by atomic mass is 10.1. The van der Waals surface area contributed by atoms with Gasteiger partial charge in [-0.1, -0.05) is 18.2 Å². The van der Waals surface area contributed by atoms with E-state index in [-0.39, 0.29) is 12.3 Å². The van der Waals surface area contributed by atoms with E-state index in [1.165, 1.54) is 18.3 Å². The lowest BCUT2D eigenvalue weighted by Crippen LogP contribution is -2.01. The zero-order chi connectivity index (χ0) is 13.7. The molecule has 0 bridgehead atoms. The summed E-state index contributed by atoms with van der Waals surface area (Å²) in [6.07, 6.45) is 1.35. The first-order chi connectivity index (χ1) is 9.20. The van der Waals surface area contributed by atoms with Gasteiger partial charge in [-0.15, -0.1) is 0 Å². The molecular formula is C14H10N2O3. The van der Waals surface area contributed by atoms with E-state index >= 15 is 0 Å². The van der Waals surface area contributed by atoms with E-state index in [0.717, 1.165) is 5.56 Å². The summed E-state index contributed by atoms with van der Waals surface area (Å²) in [5.74, 6) is -0.626. The van der Waals surface area contributed by atoms with Gasteiger partial charge in [-0.25, -0.2) is 9.78 Å². The van der Waals surface area contributed by atoms with Crippen LogP contribution in [0.4, 0.5) is 0 Å². The molecule has 0 aliphatic carbocycles. The van der Waals surface area contributed by atoms with Crippen LogP contribution in [0, 0.1) is 11.3 Å². The Morgan fingerprint density at radius 3 is 2.74 bits per heavy atom. The number of pyridine rings is 1. The molecule has 19 heavy (non-hydrogen) atoms. The molecule has 0 amide bonds. The van der Waals surface area contributed by atoms with E-state index in [1.54, 1.807) is 18.2 Å². The Bertz CT molecular complexity index is 630. The van der Waals surface area contributed by atoms with Crippen molar-refractivity contribution in [3.8, 4) is 11.8 Å². The van der Waals surface area contributed by atoms with Crippen molar-refractivity contribution in [1.29, 1.82) is 5.26 Å². The summed E-state index contributed by atoms with van der Waals surface area (Å²) in [5, 5.41) is 17.6. The summed E-state index contributed by atoms with van der Waals surface area (Å²) >= 11 is 0. The highest BCUT2D eigenvalue weighted by Gasteiger charge is 2.05. The van der Waals surface area contributed by atoms with E-state index in [1.807, 2.05) is 6.07 Å². The minimum absolute atomic E-state index is 0.0372. The van der Waals surface area contributed by atoms with Gasteiger partial charge in [0.05, 0.1) is 17.8 Å². The molecule has 1 N–H and O–H groups in total. The van der Waals surface area contributed by atoms with Crippen LogP contribution in [-0.2, 0) is 6.61 Å². The number of hydrogen-bond donors (Lipinski definition) is 1. The monoisotopic (exact) mass is 254 g/mol. The van der Waals surface area contributed by atoms with Gasteiger partial charge >= 0.3 is 5.97 Å². The van der Waals surface area contributed by atoms with Gasteiger partial charge < -0.3 is 9.84 Å². The van der Waals surface area contributed by atoms with E-state index in [4.69, 9.17) is 15.1 Å². The van der Waals surface area contributed by atoms with Crippen LogP contribution in [0.25, 0.3) is 0 Å². The molecule has 0 fully saturated rings. The number of benzene rings is 1. The molecule has 1 aromatic heterocycles. The second kappa shape index (κ2) is 5.65. The third-order valence-electron chi connectivity index (χ3n) is 2.49. The van der Waals surface area contributed by atoms with Crippen molar-refractivity contribution >= 4 is 5.97 Å². The third-order valence-corrected chi connectivity index (χ3v) is 2.49. The maximum atomic E-state index is 10.6. The number of nitriles is 1. The summed E-state index contributed by atoms with van der Waals surface area (Å²) in [7, 11) is 0. The molecule has 0 saturated heterocycles. The van der Waals surface area contributed by atoms with Crippen molar-refractivity contribution in [2.75, 3.05) is 0 Å². The van der Waals surface area contributed by atoms with E-state index < -0.39 is 5.97 Å². The molecule has 0 aliphatic rings. The molecule has 2 rings (SSSR count). The number of carboxylic acids is 1. The van der Waals surface area contributed by atoms with Gasteiger partial charge in [-0.05, 0) is 18.2 Å². The van der Waals surface area contributed by atoms with Crippen LogP contribution in [0.5, 0.6) is 5.75 Å². The standard InChI is InChI=1S/C14H10N2O3/c15-7-10-3-1-2-4-11(10)9-19-12-5-6-13(14(17)18)16-8-12/h1-6,8H,9H2,(H,17,18). The minimum Gasteiger partial charge on any atom is -0.487 e. The minimum atomic E-state index is -1.08. The quantitative estimate of drug-likeness (QED) is 0.904. The Balaban J connectivity index is 2.06. The van der Waals surface area contributed by atoms with Crippen LogP contribution < -0.4 is 4.74 Å². The van der Waals surface area contributed by atoms with Gasteiger partial charge in [0.25, 0.3) is 0 Å². The second-order valence-electron chi connectivity index (χ2n) is 3.74. The fraction of sp³-hybridized carbons (Fsp3) is 0.0714. The lowest BCUT2D eigenvalue weighted by Gasteiger charge is -2.07. The zero-order valence-corrected chi connectivity index (χ0v) is 9.91. The van der Waals surface area contributed by atoms with Gasteiger partial charge in [0, 0.05) is 5.56 Å². The number of carbonyl (C=O) groups is 1.